The highest BCUT2D eigenvalue weighted by Crippen LogP contribution is 2.37. The number of rotatable bonds is 8. The number of fused-ring (bicyclic) bond motifs is 1. The molecule has 3 heterocycles. The van der Waals surface area contributed by atoms with E-state index in [0.717, 1.165) is 27.4 Å². The van der Waals surface area contributed by atoms with E-state index in [1.807, 2.05) is 54.3 Å². The number of hydrogen-bond acceptors (Lipinski definition) is 6. The lowest BCUT2D eigenvalue weighted by Gasteiger charge is -2.27. The molecule has 1 aromatic carbocycles. The average Bonchev–Trinajstić information content (AvgIpc) is 3.23. The van der Waals surface area contributed by atoms with E-state index in [9.17, 15) is 14.9 Å². The van der Waals surface area contributed by atoms with Crippen molar-refractivity contribution in [2.75, 3.05) is 19.0 Å². The van der Waals surface area contributed by atoms with E-state index in [1.165, 1.54) is 11.3 Å². The molecule has 0 fully saturated rings. The summed E-state index contributed by atoms with van der Waals surface area (Å²) in [6, 6.07) is 15.6. The van der Waals surface area contributed by atoms with E-state index in [0.29, 0.717) is 42.9 Å². The van der Waals surface area contributed by atoms with Crippen molar-refractivity contribution in [3.8, 4) is 11.8 Å². The number of aryl methyl sites for hydroxylation is 1. The van der Waals surface area contributed by atoms with Crippen molar-refractivity contribution < 1.29 is 14.3 Å². The second-order valence-electron chi connectivity index (χ2n) is 8.60. The second kappa shape index (κ2) is 11.2. The highest BCUT2D eigenvalue weighted by molar-refractivity contribution is 7.16. The van der Waals surface area contributed by atoms with Gasteiger partial charge in [-0.3, -0.25) is 14.6 Å². The number of anilines is 1. The third kappa shape index (κ3) is 5.69. The maximum atomic E-state index is 12.8. The van der Waals surface area contributed by atoms with Gasteiger partial charge in [0, 0.05) is 36.2 Å². The molecule has 0 bridgehead atoms. The fraction of sp³-hybridized carbons (Fsp3) is 0.333. The van der Waals surface area contributed by atoms with Gasteiger partial charge in [-0.2, -0.15) is 5.26 Å². The number of carbonyl (C=O) groups excluding carboxylic acids is 2. The Hall–Kier alpha value is -3.70. The lowest BCUT2D eigenvalue weighted by Crippen LogP contribution is -2.35. The van der Waals surface area contributed by atoms with Crippen LogP contribution in [0.25, 0.3) is 0 Å². The minimum atomic E-state index is -0.151. The van der Waals surface area contributed by atoms with Crippen LogP contribution < -0.4 is 10.1 Å². The number of nitrogens with zero attached hydrogens (tertiary/aromatic N) is 3. The molecule has 2 aromatic heterocycles. The Kier molecular flexibility index (Phi) is 7.78. The zero-order valence-electron chi connectivity index (χ0n) is 19.9. The first-order chi connectivity index (χ1) is 17.0. The zero-order valence-corrected chi connectivity index (χ0v) is 20.7. The topological polar surface area (TPSA) is 95.3 Å². The number of nitrogens with one attached hydrogen (secondary N) is 1. The molecule has 1 aliphatic rings. The van der Waals surface area contributed by atoms with Gasteiger partial charge >= 0.3 is 0 Å². The van der Waals surface area contributed by atoms with Gasteiger partial charge in [0.25, 0.3) is 0 Å². The van der Waals surface area contributed by atoms with Crippen LogP contribution in [0.2, 0.25) is 0 Å². The lowest BCUT2D eigenvalue weighted by molar-refractivity contribution is -0.132. The molecule has 0 saturated carbocycles. The van der Waals surface area contributed by atoms with Crippen LogP contribution in [0.4, 0.5) is 5.00 Å². The van der Waals surface area contributed by atoms with Gasteiger partial charge in [-0.05, 0) is 48.1 Å². The molecule has 1 aliphatic heterocycles. The van der Waals surface area contributed by atoms with Gasteiger partial charge in [0.05, 0.1) is 19.2 Å². The molecular weight excluding hydrogens is 460 g/mol. The van der Waals surface area contributed by atoms with Crippen molar-refractivity contribution >= 4 is 28.2 Å². The summed E-state index contributed by atoms with van der Waals surface area (Å²) >= 11 is 1.40. The van der Waals surface area contributed by atoms with E-state index in [4.69, 9.17) is 4.74 Å². The number of thiophene rings is 1. The Morgan fingerprint density at radius 1 is 1.26 bits per heavy atom. The molecule has 0 spiro atoms. The molecule has 1 atom stereocenters. The maximum absolute atomic E-state index is 12.8. The number of pyridine rings is 1. The Morgan fingerprint density at radius 3 is 2.80 bits per heavy atom. The van der Waals surface area contributed by atoms with Crippen molar-refractivity contribution in [2.45, 2.75) is 45.1 Å². The van der Waals surface area contributed by atoms with Gasteiger partial charge in [-0.25, -0.2) is 0 Å². The van der Waals surface area contributed by atoms with Crippen LogP contribution in [0.1, 0.15) is 52.9 Å². The standard InChI is InChI=1S/C27H28N4O3S/c1-18(20-8-3-4-9-23(20)34-2)15-25(32)30-27-22(16-28)21-12-14-31(17-24(21)35-27)26(33)11-10-19-7-5-6-13-29-19/h3-9,13,18H,10-12,14-15,17H2,1-2H3,(H,30,32). The maximum Gasteiger partial charge on any atom is 0.225 e. The predicted molar refractivity (Wildman–Crippen MR) is 135 cm³/mol. The first kappa shape index (κ1) is 24.4. The Morgan fingerprint density at radius 2 is 2.06 bits per heavy atom. The Bertz CT molecular complexity index is 1250. The minimum Gasteiger partial charge on any atom is -0.496 e. The van der Waals surface area contributed by atoms with Gasteiger partial charge in [0.15, 0.2) is 0 Å². The summed E-state index contributed by atoms with van der Waals surface area (Å²) in [6.45, 7) is 3.01. The van der Waals surface area contributed by atoms with E-state index in [2.05, 4.69) is 16.4 Å². The summed E-state index contributed by atoms with van der Waals surface area (Å²) in [5.74, 6) is 0.634. The van der Waals surface area contributed by atoms with E-state index in [1.54, 1.807) is 13.3 Å². The number of benzene rings is 1. The SMILES string of the molecule is COc1ccccc1C(C)CC(=O)Nc1sc2c(c1C#N)CCN(C(=O)CCc1ccccn1)C2. The number of nitriles is 1. The van der Waals surface area contributed by atoms with Crippen molar-refractivity contribution in [3.05, 3.63) is 75.9 Å². The van der Waals surface area contributed by atoms with Crippen molar-refractivity contribution in [1.29, 1.82) is 5.26 Å². The third-order valence-corrected chi connectivity index (χ3v) is 7.39. The molecule has 180 valence electrons. The smallest absolute Gasteiger partial charge is 0.225 e. The number of hydrogen-bond donors (Lipinski definition) is 1. The number of amides is 2. The van der Waals surface area contributed by atoms with E-state index < -0.39 is 0 Å². The van der Waals surface area contributed by atoms with Crippen LogP contribution >= 0.6 is 11.3 Å². The number of aromatic nitrogens is 1. The normalized spacial score (nSPS) is 13.5. The van der Waals surface area contributed by atoms with Crippen LogP contribution in [-0.2, 0) is 29.0 Å². The van der Waals surface area contributed by atoms with Gasteiger partial charge in [-0.15, -0.1) is 11.3 Å². The summed E-state index contributed by atoms with van der Waals surface area (Å²) in [4.78, 5) is 32.7. The molecule has 0 aliphatic carbocycles. The Balaban J connectivity index is 1.40. The fourth-order valence-electron chi connectivity index (χ4n) is 4.40. The van der Waals surface area contributed by atoms with Crippen LogP contribution in [0.3, 0.4) is 0 Å². The molecule has 0 radical (unpaired) electrons. The molecule has 7 nitrogen and oxygen atoms in total. The molecule has 1 N–H and O–H groups in total. The monoisotopic (exact) mass is 488 g/mol. The van der Waals surface area contributed by atoms with Gasteiger partial charge in [0.1, 0.15) is 16.8 Å². The summed E-state index contributed by atoms with van der Waals surface area (Å²) in [5, 5.41) is 13.3. The molecule has 1 unspecified atom stereocenters. The van der Waals surface area contributed by atoms with Crippen LogP contribution in [0.5, 0.6) is 5.75 Å². The summed E-state index contributed by atoms with van der Waals surface area (Å²) in [7, 11) is 1.62. The summed E-state index contributed by atoms with van der Waals surface area (Å²) < 4.78 is 5.42. The molecule has 35 heavy (non-hydrogen) atoms. The zero-order chi connectivity index (χ0) is 24.8. The highest BCUT2D eigenvalue weighted by atomic mass is 32.1. The summed E-state index contributed by atoms with van der Waals surface area (Å²) in [6.07, 6.45) is 3.61. The third-order valence-electron chi connectivity index (χ3n) is 6.26. The van der Waals surface area contributed by atoms with Crippen molar-refractivity contribution in [1.82, 2.24) is 9.88 Å². The predicted octanol–water partition coefficient (Wildman–Crippen LogP) is 4.67. The minimum absolute atomic E-state index is 0.0431. The first-order valence-corrected chi connectivity index (χ1v) is 12.5. The largest absolute Gasteiger partial charge is 0.496 e. The highest BCUT2D eigenvalue weighted by Gasteiger charge is 2.28. The molecule has 0 saturated heterocycles. The van der Waals surface area contributed by atoms with Crippen molar-refractivity contribution in [2.24, 2.45) is 0 Å². The van der Waals surface area contributed by atoms with Gasteiger partial charge in [0.2, 0.25) is 11.8 Å². The molecule has 8 heteroatoms. The molecule has 2 amide bonds. The quantitative estimate of drug-likeness (QED) is 0.497. The Labute approximate surface area is 209 Å². The van der Waals surface area contributed by atoms with Crippen LogP contribution in [-0.4, -0.2) is 35.4 Å². The average molecular weight is 489 g/mol. The summed E-state index contributed by atoms with van der Waals surface area (Å²) in [5.41, 5.74) is 3.33. The number of ether oxygens (including phenoxy) is 1. The van der Waals surface area contributed by atoms with E-state index in [-0.39, 0.29) is 24.2 Å². The number of para-hydroxylation sites is 1. The molecule has 4 rings (SSSR count). The molecule has 3 aromatic rings. The van der Waals surface area contributed by atoms with Gasteiger partial charge < -0.3 is 15.0 Å². The first-order valence-electron chi connectivity index (χ1n) is 11.6. The number of methoxy groups -OCH3 is 1. The second-order valence-corrected chi connectivity index (χ2v) is 9.71. The fourth-order valence-corrected chi connectivity index (χ4v) is 5.63. The van der Waals surface area contributed by atoms with Crippen molar-refractivity contribution in [3.63, 3.8) is 0 Å². The van der Waals surface area contributed by atoms with Gasteiger partial charge in [-0.1, -0.05) is 31.2 Å². The number of carbonyl (C=O) groups is 2. The molecular formula is C27H28N4O3S. The van der Waals surface area contributed by atoms with E-state index >= 15 is 0 Å². The lowest BCUT2D eigenvalue weighted by atomic mass is 9.96. The van der Waals surface area contributed by atoms with Crippen LogP contribution in [0, 0.1) is 11.3 Å². The van der Waals surface area contributed by atoms with Crippen LogP contribution in [0.15, 0.2) is 48.7 Å².